The second-order valence-corrected chi connectivity index (χ2v) is 8.71. The van der Waals surface area contributed by atoms with Crippen molar-refractivity contribution in [1.82, 2.24) is 4.98 Å². The van der Waals surface area contributed by atoms with E-state index < -0.39 is 11.4 Å². The molecule has 0 amide bonds. The fraction of sp³-hybridized carbons (Fsp3) is 0.400. The van der Waals surface area contributed by atoms with E-state index in [9.17, 15) is 4.55 Å². The van der Waals surface area contributed by atoms with E-state index in [-0.39, 0.29) is 4.75 Å². The summed E-state index contributed by atoms with van der Waals surface area (Å²) in [6.07, 6.45) is 5.84. The summed E-state index contributed by atoms with van der Waals surface area (Å²) in [5, 5.41) is 1.07. The predicted molar refractivity (Wildman–Crippen MR) is 106 cm³/mol. The molecule has 1 aromatic carbocycles. The minimum atomic E-state index is -1.28. The standard InChI is InChI=1S/C20H26N2OS/c1-6-10-15(7-2)19-17(14-21-24(23)20(3,4)5)13-16-11-8-9-12-18(16)22-19/h7-9,11-14H,6,10H2,1-5H3/b15-7+,21-14+. The lowest BCUT2D eigenvalue weighted by molar-refractivity contribution is 0.562. The molecule has 24 heavy (non-hydrogen) atoms. The van der Waals surface area contributed by atoms with E-state index in [2.05, 4.69) is 23.5 Å². The number of benzene rings is 1. The summed E-state index contributed by atoms with van der Waals surface area (Å²) in [7, 11) is 0. The summed E-state index contributed by atoms with van der Waals surface area (Å²) in [4.78, 5) is 4.85. The lowest BCUT2D eigenvalue weighted by Gasteiger charge is -2.18. The van der Waals surface area contributed by atoms with Crippen molar-refractivity contribution in [3.8, 4) is 0 Å². The molecular formula is C20H26N2OS. The van der Waals surface area contributed by atoms with Gasteiger partial charge in [-0.05, 0) is 51.8 Å². The maximum Gasteiger partial charge on any atom is 0.144 e. The van der Waals surface area contributed by atoms with Gasteiger partial charge in [-0.15, -0.1) is 0 Å². The molecule has 0 spiro atoms. The van der Waals surface area contributed by atoms with Crippen LogP contribution in [0.15, 0.2) is 40.8 Å². The van der Waals surface area contributed by atoms with Crippen LogP contribution in [-0.4, -0.2) is 20.5 Å². The summed E-state index contributed by atoms with van der Waals surface area (Å²) in [5.41, 5.74) is 4.03. The van der Waals surface area contributed by atoms with Crippen LogP contribution in [-0.2, 0) is 11.4 Å². The SMILES string of the molecule is C/C=C(\CCC)c1nc2ccccc2cc1/C=N/[S+]([O-])C(C)(C)C. The van der Waals surface area contributed by atoms with Crippen molar-refractivity contribution in [3.05, 3.63) is 47.7 Å². The largest absolute Gasteiger partial charge is 0.591 e. The van der Waals surface area contributed by atoms with Gasteiger partial charge >= 0.3 is 0 Å². The van der Waals surface area contributed by atoms with Gasteiger partial charge in [0.1, 0.15) is 16.1 Å². The van der Waals surface area contributed by atoms with E-state index >= 15 is 0 Å². The molecule has 1 atom stereocenters. The Morgan fingerprint density at radius 3 is 2.62 bits per heavy atom. The number of aromatic nitrogens is 1. The molecule has 0 saturated heterocycles. The molecular weight excluding hydrogens is 316 g/mol. The van der Waals surface area contributed by atoms with Crippen molar-refractivity contribution in [2.75, 3.05) is 0 Å². The minimum Gasteiger partial charge on any atom is -0.591 e. The van der Waals surface area contributed by atoms with E-state index in [1.807, 2.05) is 52.0 Å². The molecule has 0 aliphatic rings. The molecule has 1 aromatic heterocycles. The third-order valence-electron chi connectivity index (χ3n) is 3.74. The van der Waals surface area contributed by atoms with Crippen LogP contribution in [0.3, 0.4) is 0 Å². The molecule has 0 bridgehead atoms. The number of allylic oxidation sites excluding steroid dienone is 2. The number of fused-ring (bicyclic) bond motifs is 1. The first-order chi connectivity index (χ1) is 11.4. The molecule has 3 nitrogen and oxygen atoms in total. The first kappa shape index (κ1) is 18.7. The van der Waals surface area contributed by atoms with Crippen LogP contribution in [0.2, 0.25) is 0 Å². The highest BCUT2D eigenvalue weighted by Gasteiger charge is 2.26. The molecule has 1 unspecified atom stereocenters. The van der Waals surface area contributed by atoms with Gasteiger partial charge in [0.05, 0.1) is 17.4 Å². The van der Waals surface area contributed by atoms with Crippen molar-refractivity contribution in [3.63, 3.8) is 0 Å². The number of hydrogen-bond donors (Lipinski definition) is 0. The molecule has 1 heterocycles. The highest BCUT2D eigenvalue weighted by Crippen LogP contribution is 2.25. The molecule has 0 fully saturated rings. The molecule has 0 saturated carbocycles. The molecule has 0 aliphatic heterocycles. The normalized spacial score (nSPS) is 14.5. The molecule has 4 heteroatoms. The topological polar surface area (TPSA) is 48.3 Å². The van der Waals surface area contributed by atoms with Gasteiger partial charge in [0.25, 0.3) is 0 Å². The molecule has 2 aromatic rings. The third-order valence-corrected chi connectivity index (χ3v) is 5.08. The van der Waals surface area contributed by atoms with E-state index in [1.165, 1.54) is 5.57 Å². The number of pyridine rings is 1. The van der Waals surface area contributed by atoms with Gasteiger partial charge in [0.2, 0.25) is 0 Å². The second kappa shape index (κ2) is 7.95. The van der Waals surface area contributed by atoms with Gasteiger partial charge in [-0.3, -0.25) is 0 Å². The summed E-state index contributed by atoms with van der Waals surface area (Å²) < 4.78 is 16.2. The lowest BCUT2D eigenvalue weighted by atomic mass is 10.0. The Morgan fingerprint density at radius 1 is 1.29 bits per heavy atom. The Hall–Kier alpha value is -1.65. The van der Waals surface area contributed by atoms with Crippen molar-refractivity contribution >= 4 is 34.1 Å². The fourth-order valence-electron chi connectivity index (χ4n) is 2.42. The van der Waals surface area contributed by atoms with Crippen molar-refractivity contribution in [2.45, 2.75) is 52.2 Å². The van der Waals surface area contributed by atoms with Crippen molar-refractivity contribution in [2.24, 2.45) is 4.40 Å². The van der Waals surface area contributed by atoms with Gasteiger partial charge in [0, 0.05) is 10.9 Å². The molecule has 128 valence electrons. The maximum absolute atomic E-state index is 12.3. The Morgan fingerprint density at radius 2 is 2.00 bits per heavy atom. The Kier molecular flexibility index (Phi) is 6.19. The van der Waals surface area contributed by atoms with Crippen molar-refractivity contribution < 1.29 is 4.55 Å². The predicted octanol–water partition coefficient (Wildman–Crippen LogP) is 5.32. The summed E-state index contributed by atoms with van der Waals surface area (Å²) in [6.45, 7) is 9.97. The van der Waals surface area contributed by atoms with Crippen LogP contribution in [0.4, 0.5) is 0 Å². The molecule has 0 N–H and O–H groups in total. The molecule has 2 rings (SSSR count). The maximum atomic E-state index is 12.3. The van der Waals surface area contributed by atoms with E-state index in [0.29, 0.717) is 0 Å². The zero-order chi connectivity index (χ0) is 17.7. The summed E-state index contributed by atoms with van der Waals surface area (Å²) in [5.74, 6) is 0. The average Bonchev–Trinajstić information content (AvgIpc) is 2.55. The van der Waals surface area contributed by atoms with E-state index in [0.717, 1.165) is 35.0 Å². The molecule has 0 radical (unpaired) electrons. The van der Waals surface area contributed by atoms with Crippen LogP contribution < -0.4 is 0 Å². The van der Waals surface area contributed by atoms with Crippen LogP contribution in [0.1, 0.15) is 58.7 Å². The minimum absolute atomic E-state index is 0.367. The summed E-state index contributed by atoms with van der Waals surface area (Å²) in [6, 6.07) is 10.1. The van der Waals surface area contributed by atoms with E-state index in [4.69, 9.17) is 4.98 Å². The number of hydrogen-bond acceptors (Lipinski definition) is 3. The second-order valence-electron chi connectivity index (χ2n) is 6.78. The number of para-hydroxylation sites is 1. The Labute approximate surface area is 148 Å². The Balaban J connectivity index is 2.55. The van der Waals surface area contributed by atoms with E-state index in [1.54, 1.807) is 6.21 Å². The van der Waals surface area contributed by atoms with Gasteiger partial charge in [0.15, 0.2) is 0 Å². The van der Waals surface area contributed by atoms with Crippen LogP contribution >= 0.6 is 0 Å². The van der Waals surface area contributed by atoms with Gasteiger partial charge in [-0.2, -0.15) is 0 Å². The average molecular weight is 343 g/mol. The lowest BCUT2D eigenvalue weighted by Crippen LogP contribution is -2.25. The zero-order valence-corrected chi connectivity index (χ0v) is 16.0. The van der Waals surface area contributed by atoms with Crippen LogP contribution in [0, 0.1) is 0 Å². The van der Waals surface area contributed by atoms with Gasteiger partial charge in [-0.1, -0.05) is 42.0 Å². The van der Waals surface area contributed by atoms with Crippen LogP contribution in [0.5, 0.6) is 0 Å². The van der Waals surface area contributed by atoms with Crippen molar-refractivity contribution in [1.29, 1.82) is 0 Å². The third kappa shape index (κ3) is 4.46. The van der Waals surface area contributed by atoms with Crippen LogP contribution in [0.25, 0.3) is 16.5 Å². The highest BCUT2D eigenvalue weighted by molar-refractivity contribution is 7.91. The zero-order valence-electron chi connectivity index (χ0n) is 15.2. The highest BCUT2D eigenvalue weighted by atomic mass is 32.2. The first-order valence-electron chi connectivity index (χ1n) is 8.38. The number of nitrogens with zero attached hydrogens (tertiary/aromatic N) is 2. The quantitative estimate of drug-likeness (QED) is 0.545. The monoisotopic (exact) mass is 342 g/mol. The Bertz CT molecular complexity index is 760. The fourth-order valence-corrected chi connectivity index (χ4v) is 2.94. The molecule has 0 aliphatic carbocycles. The summed E-state index contributed by atoms with van der Waals surface area (Å²) >= 11 is -1.28. The van der Waals surface area contributed by atoms with Gasteiger partial charge < -0.3 is 4.55 Å². The smallest absolute Gasteiger partial charge is 0.144 e. The van der Waals surface area contributed by atoms with Gasteiger partial charge in [-0.25, -0.2) is 4.98 Å². The first-order valence-corrected chi connectivity index (χ1v) is 9.49. The number of rotatable bonds is 5.